The van der Waals surface area contributed by atoms with Crippen molar-refractivity contribution in [3.63, 3.8) is 0 Å². The van der Waals surface area contributed by atoms with Gasteiger partial charge in [-0.25, -0.2) is 0 Å². The van der Waals surface area contributed by atoms with Gasteiger partial charge in [0.15, 0.2) is 5.96 Å². The fraction of sp³-hybridized carbons (Fsp3) is 0.875. The Kier molecular flexibility index (Phi) is 18.2. The fourth-order valence-corrected chi connectivity index (χ4v) is 1.99. The Labute approximate surface area is 153 Å². The molecule has 0 fully saturated rings. The summed E-state index contributed by atoms with van der Waals surface area (Å²) in [6, 6.07) is 0. The number of carbonyl (C=O) groups excluding carboxylic acids is 1. The first-order valence-electron chi connectivity index (χ1n) is 8.26. The number of nitrogens with one attached hydrogen (secondary N) is 2. The van der Waals surface area contributed by atoms with Crippen LogP contribution in [0.5, 0.6) is 0 Å². The number of unbranched alkanes of at least 4 members (excludes halogenated alkanes) is 2. The maximum Gasteiger partial charge on any atom is 0.305 e. The van der Waals surface area contributed by atoms with Gasteiger partial charge in [-0.15, -0.1) is 24.0 Å². The Hall–Kier alpha value is -0.530. The van der Waals surface area contributed by atoms with E-state index in [4.69, 9.17) is 0 Å². The summed E-state index contributed by atoms with van der Waals surface area (Å²) in [5, 5.41) is 6.62. The summed E-state index contributed by atoms with van der Waals surface area (Å²) in [7, 11) is 1.43. The van der Waals surface area contributed by atoms with Crippen molar-refractivity contribution in [2.45, 2.75) is 59.3 Å². The third-order valence-electron chi connectivity index (χ3n) is 3.58. The van der Waals surface area contributed by atoms with Crippen molar-refractivity contribution in [1.82, 2.24) is 10.6 Å². The molecule has 0 aliphatic carbocycles. The van der Waals surface area contributed by atoms with Crippen LogP contribution in [-0.2, 0) is 9.53 Å². The van der Waals surface area contributed by atoms with Gasteiger partial charge in [0.2, 0.25) is 0 Å². The van der Waals surface area contributed by atoms with Gasteiger partial charge in [-0.3, -0.25) is 9.79 Å². The number of carbonyl (C=O) groups is 1. The summed E-state index contributed by atoms with van der Waals surface area (Å²) in [6.45, 7) is 9.14. The van der Waals surface area contributed by atoms with Crippen molar-refractivity contribution < 1.29 is 9.53 Å². The summed E-state index contributed by atoms with van der Waals surface area (Å²) in [6.07, 6.45) is 5.80. The van der Waals surface area contributed by atoms with Gasteiger partial charge in [0.1, 0.15) is 0 Å². The summed E-state index contributed by atoms with van der Waals surface area (Å²) >= 11 is 0. The van der Waals surface area contributed by atoms with E-state index < -0.39 is 0 Å². The van der Waals surface area contributed by atoms with Crippen LogP contribution in [0.1, 0.15) is 59.3 Å². The number of methoxy groups -OCH3 is 1. The molecule has 0 bridgehead atoms. The van der Waals surface area contributed by atoms with Crippen LogP contribution in [0.2, 0.25) is 0 Å². The van der Waals surface area contributed by atoms with E-state index in [-0.39, 0.29) is 29.9 Å². The summed E-state index contributed by atoms with van der Waals surface area (Å²) in [5.41, 5.74) is 0. The molecule has 0 saturated heterocycles. The molecule has 0 rings (SSSR count). The van der Waals surface area contributed by atoms with Gasteiger partial charge in [-0.1, -0.05) is 33.1 Å². The maximum absolute atomic E-state index is 11.0. The predicted molar refractivity (Wildman–Crippen MR) is 104 cm³/mol. The lowest BCUT2D eigenvalue weighted by molar-refractivity contribution is -0.140. The van der Waals surface area contributed by atoms with E-state index in [1.165, 1.54) is 20.0 Å². The first kappa shape index (κ1) is 23.7. The van der Waals surface area contributed by atoms with E-state index in [0.717, 1.165) is 44.9 Å². The first-order valence-corrected chi connectivity index (χ1v) is 8.26. The Morgan fingerprint density at radius 2 is 1.77 bits per heavy atom. The molecule has 0 amide bonds. The zero-order valence-corrected chi connectivity index (χ0v) is 16.9. The third kappa shape index (κ3) is 13.2. The molecular weight excluding hydrogens is 393 g/mol. The highest BCUT2D eigenvalue weighted by atomic mass is 127. The molecule has 0 aromatic rings. The molecule has 6 heteroatoms. The number of rotatable bonds is 11. The molecule has 0 aromatic carbocycles. The minimum Gasteiger partial charge on any atom is -0.469 e. The third-order valence-corrected chi connectivity index (χ3v) is 3.58. The van der Waals surface area contributed by atoms with E-state index in [0.29, 0.717) is 12.3 Å². The van der Waals surface area contributed by atoms with Crippen LogP contribution >= 0.6 is 24.0 Å². The molecular formula is C16H34IN3O2. The minimum absolute atomic E-state index is 0. The Morgan fingerprint density at radius 1 is 1.09 bits per heavy atom. The molecule has 5 nitrogen and oxygen atoms in total. The van der Waals surface area contributed by atoms with E-state index in [1.54, 1.807) is 0 Å². The second-order valence-corrected chi connectivity index (χ2v) is 5.22. The highest BCUT2D eigenvalue weighted by molar-refractivity contribution is 14.0. The van der Waals surface area contributed by atoms with E-state index in [9.17, 15) is 4.79 Å². The molecule has 0 spiro atoms. The smallest absolute Gasteiger partial charge is 0.305 e. The lowest BCUT2D eigenvalue weighted by Crippen LogP contribution is -2.38. The van der Waals surface area contributed by atoms with Crippen molar-refractivity contribution in [1.29, 1.82) is 0 Å². The number of nitrogens with zero attached hydrogens (tertiary/aromatic N) is 1. The fourth-order valence-electron chi connectivity index (χ4n) is 1.99. The molecule has 0 aromatic heterocycles. The number of guanidine groups is 1. The molecule has 0 aliphatic heterocycles. The van der Waals surface area contributed by atoms with Crippen LogP contribution in [0.4, 0.5) is 0 Å². The molecule has 0 saturated carbocycles. The maximum atomic E-state index is 11.0. The van der Waals surface area contributed by atoms with Crippen LogP contribution in [0, 0.1) is 5.92 Å². The first-order chi connectivity index (χ1) is 10.2. The predicted octanol–water partition coefficient (Wildman–Crippen LogP) is 3.33. The van der Waals surface area contributed by atoms with Crippen LogP contribution in [-0.4, -0.2) is 38.7 Å². The molecule has 132 valence electrons. The Morgan fingerprint density at radius 3 is 2.32 bits per heavy atom. The van der Waals surface area contributed by atoms with Crippen LogP contribution < -0.4 is 10.6 Å². The van der Waals surface area contributed by atoms with E-state index >= 15 is 0 Å². The molecule has 22 heavy (non-hydrogen) atoms. The number of hydrogen-bond donors (Lipinski definition) is 2. The minimum atomic E-state index is -0.122. The van der Waals surface area contributed by atoms with Gasteiger partial charge in [0, 0.05) is 26.1 Å². The monoisotopic (exact) mass is 427 g/mol. The molecule has 0 radical (unpaired) electrons. The van der Waals surface area contributed by atoms with Gasteiger partial charge in [0.25, 0.3) is 0 Å². The number of ether oxygens (including phenoxy) is 1. The van der Waals surface area contributed by atoms with E-state index in [1.807, 2.05) is 0 Å². The average molecular weight is 427 g/mol. The lowest BCUT2D eigenvalue weighted by atomic mass is 10.0. The highest BCUT2D eigenvalue weighted by Crippen LogP contribution is 2.07. The normalized spacial score (nSPS) is 11.0. The number of hydrogen-bond acceptors (Lipinski definition) is 3. The highest BCUT2D eigenvalue weighted by Gasteiger charge is 2.03. The second-order valence-electron chi connectivity index (χ2n) is 5.22. The summed E-state index contributed by atoms with van der Waals surface area (Å²) in [5.74, 6) is 1.45. The number of aliphatic imine (C=N–C) groups is 1. The summed E-state index contributed by atoms with van der Waals surface area (Å²) < 4.78 is 4.62. The Bertz CT molecular complexity index is 295. The quantitative estimate of drug-likeness (QED) is 0.175. The molecule has 0 aliphatic rings. The topological polar surface area (TPSA) is 62.7 Å². The lowest BCUT2D eigenvalue weighted by Gasteiger charge is -2.13. The molecule has 0 heterocycles. The van der Waals surface area contributed by atoms with Crippen molar-refractivity contribution in [3.8, 4) is 0 Å². The average Bonchev–Trinajstić information content (AvgIpc) is 2.51. The second kappa shape index (κ2) is 16.8. The van der Waals surface area contributed by atoms with Gasteiger partial charge in [-0.05, 0) is 25.7 Å². The van der Waals surface area contributed by atoms with Crippen molar-refractivity contribution >= 4 is 35.9 Å². The van der Waals surface area contributed by atoms with Gasteiger partial charge < -0.3 is 15.4 Å². The van der Waals surface area contributed by atoms with Crippen LogP contribution in [0.15, 0.2) is 4.99 Å². The van der Waals surface area contributed by atoms with Crippen molar-refractivity contribution in [2.75, 3.05) is 26.7 Å². The van der Waals surface area contributed by atoms with Crippen LogP contribution in [0.3, 0.4) is 0 Å². The zero-order valence-electron chi connectivity index (χ0n) is 14.6. The molecule has 0 unspecified atom stereocenters. The SMILES string of the molecule is CCNC(=NCC(CC)CC)NCCCCCC(=O)OC.I. The van der Waals surface area contributed by atoms with E-state index in [2.05, 4.69) is 41.1 Å². The number of halogens is 1. The summed E-state index contributed by atoms with van der Waals surface area (Å²) in [4.78, 5) is 15.6. The largest absolute Gasteiger partial charge is 0.469 e. The molecule has 2 N–H and O–H groups in total. The standard InChI is InChI=1S/C16H33N3O2.HI/c1-5-14(6-2)13-19-16(17-7-3)18-12-10-8-9-11-15(20)21-4;/h14H,5-13H2,1-4H3,(H2,17,18,19);1H. The van der Waals surface area contributed by atoms with Crippen LogP contribution in [0.25, 0.3) is 0 Å². The van der Waals surface area contributed by atoms with Crippen molar-refractivity contribution in [3.05, 3.63) is 0 Å². The van der Waals surface area contributed by atoms with Gasteiger partial charge in [-0.2, -0.15) is 0 Å². The number of esters is 1. The van der Waals surface area contributed by atoms with Gasteiger partial charge >= 0.3 is 5.97 Å². The van der Waals surface area contributed by atoms with Gasteiger partial charge in [0.05, 0.1) is 7.11 Å². The Balaban J connectivity index is 0. The zero-order chi connectivity index (χ0) is 15.9. The van der Waals surface area contributed by atoms with Crippen molar-refractivity contribution in [2.24, 2.45) is 10.9 Å². The molecule has 0 atom stereocenters.